The summed E-state index contributed by atoms with van der Waals surface area (Å²) in [6.45, 7) is 4.55. The molecule has 0 radical (unpaired) electrons. The number of aromatic amines is 1. The highest BCUT2D eigenvalue weighted by Crippen LogP contribution is 2.17. The molecule has 3 aromatic carbocycles. The van der Waals surface area contributed by atoms with Crippen molar-refractivity contribution in [3.8, 4) is 5.75 Å². The average Bonchev–Trinajstić information content (AvgIpc) is 2.85. The van der Waals surface area contributed by atoms with Crippen LogP contribution >= 0.6 is 0 Å². The molecule has 34 heavy (non-hydrogen) atoms. The fourth-order valence-corrected chi connectivity index (χ4v) is 3.60. The molecule has 0 aliphatic heterocycles. The van der Waals surface area contributed by atoms with Gasteiger partial charge in [-0.3, -0.25) is 9.59 Å². The SMILES string of the molecule is CC(C)N(Cc1nc2ccccc2c(=O)[nH]1)C(=O)/C=C/c1cccc(OCc2ccccc2)c1. The van der Waals surface area contributed by atoms with Crippen LogP contribution < -0.4 is 10.3 Å². The Morgan fingerprint density at radius 3 is 2.59 bits per heavy atom. The second-order valence-electron chi connectivity index (χ2n) is 8.27. The molecule has 0 fully saturated rings. The number of carbonyl (C=O) groups is 1. The summed E-state index contributed by atoms with van der Waals surface area (Å²) in [5.74, 6) is 1.02. The lowest BCUT2D eigenvalue weighted by atomic mass is 10.2. The van der Waals surface area contributed by atoms with Crippen LogP contribution in [0.15, 0.2) is 89.7 Å². The Balaban J connectivity index is 1.45. The van der Waals surface area contributed by atoms with Gasteiger partial charge in [-0.25, -0.2) is 4.98 Å². The van der Waals surface area contributed by atoms with Crippen molar-refractivity contribution >= 4 is 22.9 Å². The molecule has 0 aliphatic carbocycles. The summed E-state index contributed by atoms with van der Waals surface area (Å²) in [6.07, 6.45) is 3.30. The number of nitrogens with zero attached hydrogens (tertiary/aromatic N) is 2. The normalized spacial score (nSPS) is 11.3. The smallest absolute Gasteiger partial charge is 0.258 e. The van der Waals surface area contributed by atoms with E-state index in [1.165, 1.54) is 6.08 Å². The summed E-state index contributed by atoms with van der Waals surface area (Å²) in [7, 11) is 0. The first-order chi connectivity index (χ1) is 16.5. The number of ether oxygens (including phenoxy) is 1. The molecule has 0 saturated carbocycles. The molecular formula is C28H27N3O3. The predicted molar refractivity (Wildman–Crippen MR) is 134 cm³/mol. The molecular weight excluding hydrogens is 426 g/mol. The first-order valence-corrected chi connectivity index (χ1v) is 11.2. The molecule has 1 N–H and O–H groups in total. The molecule has 6 nitrogen and oxygen atoms in total. The summed E-state index contributed by atoms with van der Waals surface area (Å²) >= 11 is 0. The fourth-order valence-electron chi connectivity index (χ4n) is 3.60. The molecule has 1 aromatic heterocycles. The Morgan fingerprint density at radius 2 is 1.79 bits per heavy atom. The highest BCUT2D eigenvalue weighted by molar-refractivity contribution is 5.92. The number of H-pyrrole nitrogens is 1. The largest absolute Gasteiger partial charge is 0.489 e. The number of nitrogens with one attached hydrogen (secondary N) is 1. The van der Waals surface area contributed by atoms with Crippen molar-refractivity contribution in [2.24, 2.45) is 0 Å². The minimum Gasteiger partial charge on any atom is -0.489 e. The minimum atomic E-state index is -0.209. The van der Waals surface area contributed by atoms with Crippen molar-refractivity contribution in [1.82, 2.24) is 14.9 Å². The molecule has 0 saturated heterocycles. The van der Waals surface area contributed by atoms with Crippen LogP contribution in [0, 0.1) is 0 Å². The standard InChI is InChI=1S/C28H27N3O3/c1-20(2)31(18-26-29-25-14-7-6-13-24(25)28(33)30-26)27(32)16-15-21-11-8-12-23(17-21)34-19-22-9-4-3-5-10-22/h3-17,20H,18-19H2,1-2H3,(H,29,30,33)/b16-15+. The number of aromatic nitrogens is 2. The molecule has 0 atom stereocenters. The van der Waals surface area contributed by atoms with Crippen LogP contribution in [0.1, 0.15) is 30.8 Å². The molecule has 1 amide bonds. The van der Waals surface area contributed by atoms with Gasteiger partial charge in [0.1, 0.15) is 18.2 Å². The van der Waals surface area contributed by atoms with Crippen LogP contribution in [0.4, 0.5) is 0 Å². The number of fused-ring (bicyclic) bond motifs is 1. The number of carbonyl (C=O) groups excluding carboxylic acids is 1. The molecule has 172 valence electrons. The van der Waals surface area contributed by atoms with E-state index in [1.807, 2.05) is 74.5 Å². The quantitative estimate of drug-likeness (QED) is 0.383. The zero-order valence-electron chi connectivity index (χ0n) is 19.3. The third-order valence-corrected chi connectivity index (χ3v) is 5.41. The summed E-state index contributed by atoms with van der Waals surface area (Å²) in [5, 5.41) is 0.530. The van der Waals surface area contributed by atoms with E-state index >= 15 is 0 Å². The van der Waals surface area contributed by atoms with Crippen LogP contribution in [0.5, 0.6) is 5.75 Å². The maximum absolute atomic E-state index is 13.0. The molecule has 0 spiro atoms. The Bertz CT molecular complexity index is 1360. The van der Waals surface area contributed by atoms with Crippen LogP contribution in [0.25, 0.3) is 17.0 Å². The van der Waals surface area contributed by atoms with E-state index in [0.29, 0.717) is 23.3 Å². The maximum atomic E-state index is 13.0. The van der Waals surface area contributed by atoms with Crippen LogP contribution in [0.3, 0.4) is 0 Å². The predicted octanol–water partition coefficient (Wildman–Crippen LogP) is 4.95. The van der Waals surface area contributed by atoms with E-state index in [0.717, 1.165) is 16.9 Å². The van der Waals surface area contributed by atoms with E-state index < -0.39 is 0 Å². The summed E-state index contributed by atoms with van der Waals surface area (Å²) in [4.78, 5) is 34.4. The van der Waals surface area contributed by atoms with Crippen molar-refractivity contribution < 1.29 is 9.53 Å². The number of rotatable bonds is 8. The molecule has 4 aromatic rings. The van der Waals surface area contributed by atoms with E-state index in [2.05, 4.69) is 9.97 Å². The monoisotopic (exact) mass is 453 g/mol. The van der Waals surface area contributed by atoms with Gasteiger partial charge in [-0.2, -0.15) is 0 Å². The van der Waals surface area contributed by atoms with E-state index in [-0.39, 0.29) is 24.1 Å². The van der Waals surface area contributed by atoms with Gasteiger partial charge < -0.3 is 14.6 Å². The van der Waals surface area contributed by atoms with Gasteiger partial charge >= 0.3 is 0 Å². The number of benzene rings is 3. The number of para-hydroxylation sites is 1. The molecule has 0 bridgehead atoms. The minimum absolute atomic E-state index is 0.0746. The van der Waals surface area contributed by atoms with Gasteiger partial charge in [0.2, 0.25) is 5.91 Å². The van der Waals surface area contributed by atoms with Gasteiger partial charge in [-0.05, 0) is 55.3 Å². The van der Waals surface area contributed by atoms with Gasteiger partial charge in [0.25, 0.3) is 5.56 Å². The van der Waals surface area contributed by atoms with Crippen molar-refractivity contribution in [3.63, 3.8) is 0 Å². The average molecular weight is 454 g/mol. The van der Waals surface area contributed by atoms with E-state index in [9.17, 15) is 9.59 Å². The van der Waals surface area contributed by atoms with Gasteiger partial charge in [0.15, 0.2) is 0 Å². The lowest BCUT2D eigenvalue weighted by molar-refractivity contribution is -0.128. The van der Waals surface area contributed by atoms with Gasteiger partial charge in [-0.15, -0.1) is 0 Å². The van der Waals surface area contributed by atoms with Crippen molar-refractivity contribution in [2.45, 2.75) is 33.0 Å². The Kier molecular flexibility index (Phi) is 7.18. The zero-order valence-corrected chi connectivity index (χ0v) is 19.3. The lowest BCUT2D eigenvalue weighted by Gasteiger charge is -2.25. The topological polar surface area (TPSA) is 75.3 Å². The third-order valence-electron chi connectivity index (χ3n) is 5.41. The van der Waals surface area contributed by atoms with Crippen molar-refractivity contribution in [1.29, 1.82) is 0 Å². The zero-order chi connectivity index (χ0) is 23.9. The van der Waals surface area contributed by atoms with Gasteiger partial charge in [0.05, 0.1) is 17.4 Å². The molecule has 0 unspecified atom stereocenters. The third kappa shape index (κ3) is 5.78. The highest BCUT2D eigenvalue weighted by Gasteiger charge is 2.17. The lowest BCUT2D eigenvalue weighted by Crippen LogP contribution is -2.36. The number of hydrogen-bond acceptors (Lipinski definition) is 4. The molecule has 0 aliphatic rings. The Hall–Kier alpha value is -4.19. The van der Waals surface area contributed by atoms with E-state index in [4.69, 9.17) is 4.74 Å². The number of hydrogen-bond donors (Lipinski definition) is 1. The van der Waals surface area contributed by atoms with Crippen molar-refractivity contribution in [2.75, 3.05) is 0 Å². The summed E-state index contributed by atoms with van der Waals surface area (Å²) < 4.78 is 5.88. The summed E-state index contributed by atoms with van der Waals surface area (Å²) in [5.41, 5.74) is 2.35. The Labute approximate surface area is 198 Å². The second kappa shape index (κ2) is 10.6. The molecule has 1 heterocycles. The first kappa shape index (κ1) is 23.0. The van der Waals surface area contributed by atoms with E-state index in [1.54, 1.807) is 29.2 Å². The van der Waals surface area contributed by atoms with Gasteiger partial charge in [-0.1, -0.05) is 54.6 Å². The Morgan fingerprint density at radius 1 is 1.03 bits per heavy atom. The van der Waals surface area contributed by atoms with Crippen LogP contribution in [-0.2, 0) is 17.9 Å². The fraction of sp³-hybridized carbons (Fsp3) is 0.179. The van der Waals surface area contributed by atoms with Crippen LogP contribution in [0.2, 0.25) is 0 Å². The molecule has 6 heteroatoms. The maximum Gasteiger partial charge on any atom is 0.258 e. The highest BCUT2D eigenvalue weighted by atomic mass is 16.5. The van der Waals surface area contributed by atoms with Crippen LogP contribution in [-0.4, -0.2) is 26.8 Å². The second-order valence-corrected chi connectivity index (χ2v) is 8.27. The van der Waals surface area contributed by atoms with Gasteiger partial charge in [0, 0.05) is 12.1 Å². The van der Waals surface area contributed by atoms with Crippen molar-refractivity contribution in [3.05, 3.63) is 112 Å². The number of amides is 1. The summed E-state index contributed by atoms with van der Waals surface area (Å²) in [6, 6.07) is 24.7. The first-order valence-electron chi connectivity index (χ1n) is 11.2. The molecule has 4 rings (SSSR count).